The summed E-state index contributed by atoms with van der Waals surface area (Å²) < 4.78 is 5.20. The molecule has 4 nitrogen and oxygen atoms in total. The van der Waals surface area contributed by atoms with Crippen LogP contribution < -0.4 is 10.1 Å². The fourth-order valence-electron chi connectivity index (χ4n) is 2.35. The highest BCUT2D eigenvalue weighted by Gasteiger charge is 2.21. The summed E-state index contributed by atoms with van der Waals surface area (Å²) in [7, 11) is 5.64. The van der Waals surface area contributed by atoms with E-state index in [1.165, 1.54) is 4.88 Å². The zero-order valence-electron chi connectivity index (χ0n) is 13.9. The molecule has 1 atom stereocenters. The van der Waals surface area contributed by atoms with E-state index < -0.39 is 0 Å². The Morgan fingerprint density at radius 1 is 1.26 bits per heavy atom. The summed E-state index contributed by atoms with van der Waals surface area (Å²) in [4.78, 5) is 15.9. The topological polar surface area (TPSA) is 41.6 Å². The first kappa shape index (κ1) is 17.5. The number of amides is 1. The van der Waals surface area contributed by atoms with E-state index in [-0.39, 0.29) is 11.8 Å². The van der Waals surface area contributed by atoms with Crippen molar-refractivity contribution in [2.24, 2.45) is 0 Å². The fourth-order valence-corrected chi connectivity index (χ4v) is 3.11. The van der Waals surface area contributed by atoms with Crippen molar-refractivity contribution < 1.29 is 9.53 Å². The van der Waals surface area contributed by atoms with Gasteiger partial charge in [0.2, 0.25) is 5.91 Å². The molecule has 0 spiro atoms. The van der Waals surface area contributed by atoms with Crippen molar-refractivity contribution >= 4 is 17.2 Å². The molecular weight excluding hydrogens is 308 g/mol. The minimum atomic E-state index is -0.179. The number of nitrogens with zero attached hydrogens (tertiary/aromatic N) is 1. The Morgan fingerprint density at radius 2 is 2.00 bits per heavy atom. The third-order valence-corrected chi connectivity index (χ3v) is 4.58. The van der Waals surface area contributed by atoms with E-state index in [0.29, 0.717) is 6.54 Å². The van der Waals surface area contributed by atoms with E-state index >= 15 is 0 Å². The van der Waals surface area contributed by atoms with E-state index in [0.717, 1.165) is 24.3 Å². The van der Waals surface area contributed by atoms with Gasteiger partial charge in [0.15, 0.2) is 0 Å². The number of nitrogens with one attached hydrogen (secondary N) is 1. The van der Waals surface area contributed by atoms with Crippen LogP contribution in [0.4, 0.5) is 0 Å². The third-order valence-electron chi connectivity index (χ3n) is 3.68. The number of thiophene rings is 1. The Morgan fingerprint density at radius 3 is 2.57 bits per heavy atom. The predicted octanol–water partition coefficient (Wildman–Crippen LogP) is 2.76. The Hall–Kier alpha value is -1.85. The normalized spacial score (nSPS) is 12.2. The van der Waals surface area contributed by atoms with Crippen LogP contribution in [0.1, 0.15) is 16.4 Å². The van der Waals surface area contributed by atoms with Crippen LogP contribution >= 0.6 is 11.3 Å². The molecule has 2 rings (SSSR count). The number of likely N-dealkylation sites (N-methyl/N-ethyl adjacent to an activating group) is 1. The van der Waals surface area contributed by atoms with Crippen molar-refractivity contribution in [1.82, 2.24) is 10.2 Å². The third kappa shape index (κ3) is 5.37. The van der Waals surface area contributed by atoms with Crippen LogP contribution in [0.3, 0.4) is 0 Å². The van der Waals surface area contributed by atoms with Crippen LogP contribution in [0.15, 0.2) is 41.8 Å². The number of methoxy groups -OCH3 is 1. The summed E-state index contributed by atoms with van der Waals surface area (Å²) in [6.45, 7) is 1.49. The molecule has 0 saturated carbocycles. The summed E-state index contributed by atoms with van der Waals surface area (Å²) in [5, 5.41) is 5.09. The van der Waals surface area contributed by atoms with Gasteiger partial charge in [-0.15, -0.1) is 11.3 Å². The minimum Gasteiger partial charge on any atom is -0.497 e. The molecule has 0 aliphatic rings. The summed E-state index contributed by atoms with van der Waals surface area (Å²) >= 11 is 1.69. The molecule has 0 aliphatic heterocycles. The summed E-state index contributed by atoms with van der Waals surface area (Å²) in [5.74, 6) is 0.698. The lowest BCUT2D eigenvalue weighted by atomic mass is 9.94. The number of hydrogen-bond acceptors (Lipinski definition) is 4. The van der Waals surface area contributed by atoms with E-state index in [9.17, 15) is 4.79 Å². The number of carbonyl (C=O) groups excluding carboxylic acids is 1. The van der Waals surface area contributed by atoms with Gasteiger partial charge in [-0.1, -0.05) is 18.2 Å². The van der Waals surface area contributed by atoms with Crippen LogP contribution in [0.2, 0.25) is 0 Å². The smallest absolute Gasteiger partial charge is 0.227 e. The second-order valence-electron chi connectivity index (χ2n) is 5.70. The van der Waals surface area contributed by atoms with Gasteiger partial charge in [0.1, 0.15) is 5.75 Å². The average molecular weight is 332 g/mol. The van der Waals surface area contributed by atoms with E-state index in [1.54, 1.807) is 18.4 Å². The molecular formula is C18H24N2O2S. The Kier molecular flexibility index (Phi) is 6.62. The lowest BCUT2D eigenvalue weighted by molar-refractivity contribution is -0.122. The molecule has 0 saturated heterocycles. The maximum absolute atomic E-state index is 12.6. The molecule has 1 unspecified atom stereocenters. The van der Waals surface area contributed by atoms with Crippen LogP contribution in [-0.4, -0.2) is 45.1 Å². The van der Waals surface area contributed by atoms with E-state index in [4.69, 9.17) is 4.74 Å². The molecule has 1 N–H and O–H groups in total. The zero-order valence-corrected chi connectivity index (χ0v) is 14.7. The first-order valence-electron chi connectivity index (χ1n) is 7.69. The highest BCUT2D eigenvalue weighted by molar-refractivity contribution is 7.09. The molecule has 1 heterocycles. The van der Waals surface area contributed by atoms with Crippen molar-refractivity contribution in [1.29, 1.82) is 0 Å². The molecule has 23 heavy (non-hydrogen) atoms. The van der Waals surface area contributed by atoms with Gasteiger partial charge in [-0.25, -0.2) is 0 Å². The van der Waals surface area contributed by atoms with Gasteiger partial charge in [-0.3, -0.25) is 4.79 Å². The number of rotatable bonds is 8. The van der Waals surface area contributed by atoms with Gasteiger partial charge in [-0.2, -0.15) is 0 Å². The van der Waals surface area contributed by atoms with Crippen molar-refractivity contribution in [2.75, 3.05) is 34.3 Å². The number of hydrogen-bond donors (Lipinski definition) is 1. The first-order chi connectivity index (χ1) is 11.1. The molecule has 0 bridgehead atoms. The quantitative estimate of drug-likeness (QED) is 0.808. The Labute approximate surface area is 142 Å². The van der Waals surface area contributed by atoms with Crippen molar-refractivity contribution in [2.45, 2.75) is 12.3 Å². The highest BCUT2D eigenvalue weighted by atomic mass is 32.1. The largest absolute Gasteiger partial charge is 0.497 e. The molecule has 1 aromatic heterocycles. The molecule has 0 radical (unpaired) electrons. The van der Waals surface area contributed by atoms with Crippen LogP contribution in [0, 0.1) is 0 Å². The standard InChI is InChI=1S/C18H24N2O2S/c1-20(2)11-10-19-18(21)17(13-16-5-4-12-23-16)14-6-8-15(22-3)9-7-14/h4-9,12,17H,10-11,13H2,1-3H3,(H,19,21). The van der Waals surface area contributed by atoms with Gasteiger partial charge in [-0.05, 0) is 49.7 Å². The second-order valence-corrected chi connectivity index (χ2v) is 6.74. The summed E-state index contributed by atoms with van der Waals surface area (Å²) in [5.41, 5.74) is 1.02. The molecule has 1 aromatic carbocycles. The Bertz CT molecular complexity index is 594. The summed E-state index contributed by atoms with van der Waals surface area (Å²) in [6.07, 6.45) is 0.720. The van der Waals surface area contributed by atoms with Gasteiger partial charge in [0.25, 0.3) is 0 Å². The van der Waals surface area contributed by atoms with E-state index in [1.807, 2.05) is 49.8 Å². The fraction of sp³-hybridized carbons (Fsp3) is 0.389. The van der Waals surface area contributed by atoms with Gasteiger partial charge in [0, 0.05) is 18.0 Å². The number of ether oxygens (including phenoxy) is 1. The molecule has 5 heteroatoms. The lowest BCUT2D eigenvalue weighted by Gasteiger charge is -2.18. The maximum Gasteiger partial charge on any atom is 0.227 e. The first-order valence-corrected chi connectivity index (χ1v) is 8.57. The number of benzene rings is 1. The minimum absolute atomic E-state index is 0.0745. The predicted molar refractivity (Wildman–Crippen MR) is 95.3 cm³/mol. The van der Waals surface area contributed by atoms with Crippen LogP contribution in [-0.2, 0) is 11.2 Å². The van der Waals surface area contributed by atoms with Crippen LogP contribution in [0.5, 0.6) is 5.75 Å². The lowest BCUT2D eigenvalue weighted by Crippen LogP contribution is -2.35. The van der Waals surface area contributed by atoms with Crippen LogP contribution in [0.25, 0.3) is 0 Å². The van der Waals surface area contributed by atoms with Gasteiger partial charge < -0.3 is 15.0 Å². The van der Waals surface area contributed by atoms with Crippen molar-refractivity contribution in [3.8, 4) is 5.75 Å². The number of carbonyl (C=O) groups is 1. The SMILES string of the molecule is COc1ccc(C(Cc2cccs2)C(=O)NCCN(C)C)cc1. The summed E-state index contributed by atoms with van der Waals surface area (Å²) in [6, 6.07) is 11.9. The second kappa shape index (κ2) is 8.70. The van der Waals surface area contributed by atoms with Crippen molar-refractivity contribution in [3.05, 3.63) is 52.2 Å². The maximum atomic E-state index is 12.6. The van der Waals surface area contributed by atoms with E-state index in [2.05, 4.69) is 16.3 Å². The monoisotopic (exact) mass is 332 g/mol. The Balaban J connectivity index is 2.11. The zero-order chi connectivity index (χ0) is 16.7. The van der Waals surface area contributed by atoms with Gasteiger partial charge in [0.05, 0.1) is 13.0 Å². The molecule has 1 amide bonds. The highest BCUT2D eigenvalue weighted by Crippen LogP contribution is 2.25. The average Bonchev–Trinajstić information content (AvgIpc) is 3.05. The molecule has 0 fully saturated rings. The molecule has 124 valence electrons. The van der Waals surface area contributed by atoms with Gasteiger partial charge >= 0.3 is 0 Å². The van der Waals surface area contributed by atoms with Crippen molar-refractivity contribution in [3.63, 3.8) is 0 Å². The molecule has 2 aromatic rings. The molecule has 0 aliphatic carbocycles.